The Morgan fingerprint density at radius 3 is 2.56 bits per heavy atom. The molecule has 0 spiro atoms. The molecule has 0 atom stereocenters. The van der Waals surface area contributed by atoms with E-state index in [1.54, 1.807) is 0 Å². The summed E-state index contributed by atoms with van der Waals surface area (Å²) in [4.78, 5) is 27.8. The van der Waals surface area contributed by atoms with Crippen LogP contribution in [0.3, 0.4) is 0 Å². The van der Waals surface area contributed by atoms with Gasteiger partial charge in [0.2, 0.25) is 5.91 Å². The van der Waals surface area contributed by atoms with Crippen molar-refractivity contribution >= 4 is 34.0 Å². The maximum absolute atomic E-state index is 13.9. The summed E-state index contributed by atoms with van der Waals surface area (Å²) in [5, 5.41) is 7.29. The highest BCUT2D eigenvalue weighted by atomic mass is 32.1. The van der Waals surface area contributed by atoms with Gasteiger partial charge in [-0.05, 0) is 18.2 Å². The van der Waals surface area contributed by atoms with Crippen LogP contribution in [0, 0.1) is 5.82 Å². The van der Waals surface area contributed by atoms with Crippen LogP contribution < -0.4 is 10.6 Å². The lowest BCUT2D eigenvalue weighted by Gasteiger charge is -2.07. The average Bonchev–Trinajstić information content (AvgIpc) is 3.05. The molecule has 1 aromatic heterocycles. The summed E-state index contributed by atoms with van der Waals surface area (Å²) in [5.41, 5.74) is 1.84. The number of thiazole rings is 1. The van der Waals surface area contributed by atoms with Crippen LogP contribution in [0.1, 0.15) is 17.3 Å². The Labute approximate surface area is 147 Å². The summed E-state index contributed by atoms with van der Waals surface area (Å²) >= 11 is 1.25. The molecule has 0 unspecified atom stereocenters. The lowest BCUT2D eigenvalue weighted by Crippen LogP contribution is -2.15. The van der Waals surface area contributed by atoms with E-state index in [4.69, 9.17) is 0 Å². The number of halogens is 1. The Morgan fingerprint density at radius 1 is 1.08 bits per heavy atom. The third-order valence-corrected chi connectivity index (χ3v) is 4.08. The number of aromatic nitrogens is 1. The first kappa shape index (κ1) is 16.8. The largest absolute Gasteiger partial charge is 0.326 e. The predicted molar refractivity (Wildman–Crippen MR) is 96.2 cm³/mol. The van der Waals surface area contributed by atoms with Gasteiger partial charge in [0.05, 0.1) is 11.3 Å². The summed E-state index contributed by atoms with van der Waals surface area (Å²) < 4.78 is 13.9. The van der Waals surface area contributed by atoms with Gasteiger partial charge >= 0.3 is 0 Å². The Balaban J connectivity index is 1.79. The van der Waals surface area contributed by atoms with Crippen molar-refractivity contribution in [3.63, 3.8) is 0 Å². The van der Waals surface area contributed by atoms with Crippen LogP contribution in [0.15, 0.2) is 53.9 Å². The summed E-state index contributed by atoms with van der Waals surface area (Å²) in [6, 6.07) is 13.4. The van der Waals surface area contributed by atoms with Gasteiger partial charge in [0.25, 0.3) is 5.91 Å². The number of hydrogen-bond acceptors (Lipinski definition) is 4. The lowest BCUT2D eigenvalue weighted by molar-refractivity contribution is -0.114. The Bertz CT molecular complexity index is 925. The fourth-order valence-corrected chi connectivity index (χ4v) is 2.93. The Hall–Kier alpha value is -3.06. The van der Waals surface area contributed by atoms with E-state index in [1.807, 2.05) is 35.7 Å². The highest BCUT2D eigenvalue weighted by Gasteiger charge is 2.15. The van der Waals surface area contributed by atoms with Crippen LogP contribution in [0.25, 0.3) is 11.3 Å². The van der Waals surface area contributed by atoms with Crippen molar-refractivity contribution in [2.45, 2.75) is 6.92 Å². The summed E-state index contributed by atoms with van der Waals surface area (Å²) in [5.74, 6) is -1.60. The topological polar surface area (TPSA) is 71.1 Å². The third-order valence-electron chi connectivity index (χ3n) is 3.33. The van der Waals surface area contributed by atoms with Crippen molar-refractivity contribution in [3.05, 3.63) is 65.3 Å². The second-order valence-corrected chi connectivity index (χ2v) is 6.09. The second-order valence-electron chi connectivity index (χ2n) is 5.23. The van der Waals surface area contributed by atoms with E-state index in [0.29, 0.717) is 10.8 Å². The lowest BCUT2D eigenvalue weighted by atomic mass is 10.1. The van der Waals surface area contributed by atoms with E-state index < -0.39 is 11.7 Å². The first-order valence-corrected chi connectivity index (χ1v) is 8.30. The Morgan fingerprint density at radius 2 is 1.84 bits per heavy atom. The van der Waals surface area contributed by atoms with E-state index in [9.17, 15) is 14.0 Å². The van der Waals surface area contributed by atoms with Crippen molar-refractivity contribution in [1.82, 2.24) is 4.98 Å². The summed E-state index contributed by atoms with van der Waals surface area (Å²) in [7, 11) is 0. The molecule has 0 aliphatic carbocycles. The van der Waals surface area contributed by atoms with Gasteiger partial charge in [-0.1, -0.05) is 30.3 Å². The molecule has 3 rings (SSSR count). The SMILES string of the molecule is CC(=O)Nc1ccc(F)c(C(=O)Nc2nc(-c3ccccc3)cs2)c1. The van der Waals surface area contributed by atoms with Crippen LogP contribution in [0.5, 0.6) is 0 Å². The van der Waals surface area contributed by atoms with Crippen molar-refractivity contribution in [2.24, 2.45) is 0 Å². The quantitative estimate of drug-likeness (QED) is 0.738. The predicted octanol–water partition coefficient (Wildman–Crippen LogP) is 4.16. The zero-order valence-electron chi connectivity index (χ0n) is 13.2. The van der Waals surface area contributed by atoms with Gasteiger partial charge in [-0.15, -0.1) is 11.3 Å². The standard InChI is InChI=1S/C18H14FN3O2S/c1-11(23)20-13-7-8-15(19)14(9-13)17(24)22-18-21-16(10-25-18)12-5-3-2-4-6-12/h2-10H,1H3,(H,20,23)(H,21,22,24). The molecule has 0 radical (unpaired) electrons. The number of carbonyl (C=O) groups is 2. The van der Waals surface area contributed by atoms with Crippen LogP contribution in [-0.2, 0) is 4.79 Å². The molecule has 126 valence electrons. The van der Waals surface area contributed by atoms with Gasteiger partial charge in [0.15, 0.2) is 5.13 Å². The fraction of sp³-hybridized carbons (Fsp3) is 0.0556. The number of amides is 2. The zero-order chi connectivity index (χ0) is 17.8. The minimum Gasteiger partial charge on any atom is -0.326 e. The molecule has 3 aromatic rings. The number of nitrogens with one attached hydrogen (secondary N) is 2. The van der Waals surface area contributed by atoms with Crippen molar-refractivity contribution in [3.8, 4) is 11.3 Å². The number of hydrogen-bond donors (Lipinski definition) is 2. The van der Waals surface area contributed by atoms with E-state index in [2.05, 4.69) is 15.6 Å². The molecule has 0 bridgehead atoms. The molecule has 2 aromatic carbocycles. The molecule has 7 heteroatoms. The minimum atomic E-state index is -0.675. The normalized spacial score (nSPS) is 10.3. The number of anilines is 2. The van der Waals surface area contributed by atoms with Crippen LogP contribution in [0.2, 0.25) is 0 Å². The van der Waals surface area contributed by atoms with E-state index in [1.165, 1.54) is 30.4 Å². The monoisotopic (exact) mass is 355 g/mol. The molecule has 0 saturated heterocycles. The number of carbonyl (C=O) groups excluding carboxylic acids is 2. The van der Waals surface area contributed by atoms with Gasteiger partial charge in [-0.25, -0.2) is 9.37 Å². The molecule has 25 heavy (non-hydrogen) atoms. The van der Waals surface area contributed by atoms with Crippen LogP contribution in [-0.4, -0.2) is 16.8 Å². The Kier molecular flexibility index (Phi) is 4.85. The van der Waals surface area contributed by atoms with Crippen molar-refractivity contribution in [1.29, 1.82) is 0 Å². The van der Waals surface area contributed by atoms with Gasteiger partial charge < -0.3 is 5.32 Å². The molecule has 2 N–H and O–H groups in total. The van der Waals surface area contributed by atoms with Crippen LogP contribution in [0.4, 0.5) is 15.2 Å². The summed E-state index contributed by atoms with van der Waals surface area (Å²) in [6.07, 6.45) is 0. The molecule has 1 heterocycles. The minimum absolute atomic E-state index is 0.164. The molecular weight excluding hydrogens is 341 g/mol. The number of benzene rings is 2. The smallest absolute Gasteiger partial charge is 0.260 e. The molecule has 0 saturated carbocycles. The van der Waals surface area contributed by atoms with Crippen LogP contribution >= 0.6 is 11.3 Å². The molecule has 2 amide bonds. The van der Waals surface area contributed by atoms with Gasteiger partial charge in [0, 0.05) is 23.6 Å². The van der Waals surface area contributed by atoms with Crippen molar-refractivity contribution < 1.29 is 14.0 Å². The molecule has 0 aliphatic heterocycles. The van der Waals surface area contributed by atoms with E-state index in [0.717, 1.165) is 17.3 Å². The van der Waals surface area contributed by atoms with E-state index in [-0.39, 0.29) is 11.5 Å². The first-order valence-electron chi connectivity index (χ1n) is 7.42. The maximum Gasteiger partial charge on any atom is 0.260 e. The van der Waals surface area contributed by atoms with Gasteiger partial charge in [-0.2, -0.15) is 0 Å². The van der Waals surface area contributed by atoms with Gasteiger partial charge in [0.1, 0.15) is 5.82 Å². The average molecular weight is 355 g/mol. The highest BCUT2D eigenvalue weighted by molar-refractivity contribution is 7.14. The molecule has 0 fully saturated rings. The molecule has 5 nitrogen and oxygen atoms in total. The van der Waals surface area contributed by atoms with E-state index >= 15 is 0 Å². The highest BCUT2D eigenvalue weighted by Crippen LogP contribution is 2.25. The second kappa shape index (κ2) is 7.23. The molecule has 0 aliphatic rings. The van der Waals surface area contributed by atoms with Crippen molar-refractivity contribution in [2.75, 3.05) is 10.6 Å². The summed E-state index contributed by atoms with van der Waals surface area (Å²) in [6.45, 7) is 1.34. The number of nitrogens with zero attached hydrogens (tertiary/aromatic N) is 1. The first-order chi connectivity index (χ1) is 12.0. The zero-order valence-corrected chi connectivity index (χ0v) is 14.1. The maximum atomic E-state index is 13.9. The third kappa shape index (κ3) is 4.07. The molecular formula is C18H14FN3O2S. The fourth-order valence-electron chi connectivity index (χ4n) is 2.22. The number of rotatable bonds is 4. The van der Waals surface area contributed by atoms with Gasteiger partial charge in [-0.3, -0.25) is 14.9 Å².